The lowest BCUT2D eigenvalue weighted by Gasteiger charge is -2.45. The Morgan fingerprint density at radius 2 is 0.417 bits per heavy atom. The molecule has 0 spiro atoms. The average molecular weight is 590 g/mol. The molecule has 36 heavy (non-hydrogen) atoms. The van der Waals surface area contributed by atoms with Crippen LogP contribution in [0.4, 0.5) is 87.8 Å². The van der Waals surface area contributed by atoms with Crippen molar-refractivity contribution in [2.45, 2.75) is 72.1 Å². The van der Waals surface area contributed by atoms with E-state index >= 15 is 0 Å². The van der Waals surface area contributed by atoms with Gasteiger partial charge >= 0.3 is 59.2 Å². The molecule has 0 saturated heterocycles. The fourth-order valence-electron chi connectivity index (χ4n) is 2.24. The van der Waals surface area contributed by atoms with Crippen LogP contribution in [0, 0.1) is 0 Å². The lowest BCUT2D eigenvalue weighted by atomic mass is 9.85. The van der Waals surface area contributed by atoms with E-state index in [0.717, 1.165) is 0 Å². The predicted octanol–water partition coefficient (Wildman–Crippen LogP) is 6.10. The van der Waals surface area contributed by atoms with Crippen molar-refractivity contribution in [2.24, 2.45) is 0 Å². The van der Waals surface area contributed by atoms with Crippen molar-refractivity contribution in [3.8, 4) is 0 Å². The van der Waals surface area contributed by atoms with Crippen LogP contribution in [-0.2, 0) is 0 Å². The fraction of sp³-hybridized carbons (Fsp3) is 1.00. The summed E-state index contributed by atoms with van der Waals surface area (Å²) in [5, 5.41) is 16.1. The Bertz CT molecular complexity index is 708. The minimum Gasteiger partial charge on any atom is -0.396 e. The van der Waals surface area contributed by atoms with Crippen molar-refractivity contribution in [3.63, 3.8) is 0 Å². The van der Waals surface area contributed by atoms with Gasteiger partial charge in [-0.05, 0) is 0 Å². The van der Waals surface area contributed by atoms with E-state index < -0.39 is 85.3 Å². The number of halogens is 20. The molecule has 0 bridgehead atoms. The van der Waals surface area contributed by atoms with Crippen molar-refractivity contribution >= 4 is 0 Å². The van der Waals surface area contributed by atoms with Gasteiger partial charge in [0.15, 0.2) is 0 Å². The van der Waals surface area contributed by atoms with E-state index in [4.69, 9.17) is 10.2 Å². The van der Waals surface area contributed by atoms with E-state index in [1.54, 1.807) is 0 Å². The predicted molar refractivity (Wildman–Crippen MR) is 72.9 cm³/mol. The summed E-state index contributed by atoms with van der Waals surface area (Å²) in [5.41, 5.74) is 0. The highest BCUT2D eigenvalue weighted by Crippen LogP contribution is 2.66. The lowest BCUT2D eigenvalue weighted by molar-refractivity contribution is -0.469. The van der Waals surface area contributed by atoms with Crippen molar-refractivity contribution in [2.75, 3.05) is 13.2 Å². The molecule has 0 aliphatic rings. The largest absolute Gasteiger partial charge is 0.396 e. The fourth-order valence-corrected chi connectivity index (χ4v) is 2.24. The van der Waals surface area contributed by atoms with Crippen molar-refractivity contribution in [3.05, 3.63) is 0 Å². The normalized spacial score (nSPS) is 16.5. The second-order valence-electron chi connectivity index (χ2n) is 6.95. The smallest absolute Gasteiger partial charge is 0.385 e. The zero-order valence-electron chi connectivity index (χ0n) is 16.3. The van der Waals surface area contributed by atoms with Crippen molar-refractivity contribution < 1.29 is 98.0 Å². The Morgan fingerprint density at radius 1 is 0.278 bits per heavy atom. The first-order valence-corrected chi connectivity index (χ1v) is 8.37. The highest BCUT2D eigenvalue weighted by Gasteiger charge is 2.97. The molecule has 0 aliphatic carbocycles. The molecule has 22 heteroatoms. The van der Waals surface area contributed by atoms with Gasteiger partial charge in [0.2, 0.25) is 0 Å². The molecular formula is C14H10F20O2. The minimum absolute atomic E-state index is 2.29. The first-order chi connectivity index (χ1) is 15.4. The maximum Gasteiger partial charge on any atom is 0.385 e. The van der Waals surface area contributed by atoms with Gasteiger partial charge in [-0.2, -0.15) is 87.8 Å². The highest BCUT2D eigenvalue weighted by molar-refractivity contribution is 5.18. The van der Waals surface area contributed by atoms with Crippen LogP contribution in [-0.4, -0.2) is 82.7 Å². The third-order valence-electron chi connectivity index (χ3n) is 4.53. The Morgan fingerprint density at radius 3 is 0.556 bits per heavy atom. The minimum atomic E-state index is -9.07. The molecule has 2 nitrogen and oxygen atoms in total. The van der Waals surface area contributed by atoms with Gasteiger partial charge in [-0.1, -0.05) is 0 Å². The number of aliphatic hydroxyl groups excluding tert-OH is 2. The summed E-state index contributed by atoms with van der Waals surface area (Å²) in [4.78, 5) is 0. The first-order valence-electron chi connectivity index (χ1n) is 8.37. The van der Waals surface area contributed by atoms with Crippen LogP contribution in [0.1, 0.15) is 12.8 Å². The van der Waals surface area contributed by atoms with Gasteiger partial charge in [0.05, 0.1) is 0 Å². The quantitative estimate of drug-likeness (QED) is 0.255. The van der Waals surface area contributed by atoms with Gasteiger partial charge in [0, 0.05) is 26.1 Å². The zero-order chi connectivity index (χ0) is 29.8. The number of hydrogen-bond donors (Lipinski definition) is 2. The topological polar surface area (TPSA) is 40.5 Å². The second kappa shape index (κ2) is 9.07. The summed E-state index contributed by atoms with van der Waals surface area (Å²) in [6.45, 7) is -4.59. The van der Waals surface area contributed by atoms with Gasteiger partial charge in [0.25, 0.3) is 0 Å². The summed E-state index contributed by atoms with van der Waals surface area (Å²) in [7, 11) is 0. The Labute approximate surface area is 184 Å². The molecule has 0 aliphatic heterocycles. The molecule has 0 fully saturated rings. The maximum atomic E-state index is 13.5. The van der Waals surface area contributed by atoms with Gasteiger partial charge in [-0.3, -0.25) is 0 Å². The number of hydrogen-bond acceptors (Lipinski definition) is 2. The van der Waals surface area contributed by atoms with E-state index in [2.05, 4.69) is 0 Å². The Kier molecular flexibility index (Phi) is 8.70. The molecule has 2 N–H and O–H groups in total. The molecule has 0 saturated carbocycles. The van der Waals surface area contributed by atoms with E-state index in [0.29, 0.717) is 0 Å². The summed E-state index contributed by atoms with van der Waals surface area (Å²) in [6, 6.07) is 0. The van der Waals surface area contributed by atoms with Crippen molar-refractivity contribution in [1.82, 2.24) is 0 Å². The van der Waals surface area contributed by atoms with Gasteiger partial charge in [0.1, 0.15) is 0 Å². The molecule has 0 aromatic carbocycles. The first kappa shape index (κ1) is 34.5. The Balaban J connectivity index is 7.04. The van der Waals surface area contributed by atoms with Crippen LogP contribution in [0.2, 0.25) is 0 Å². The second-order valence-corrected chi connectivity index (χ2v) is 6.95. The average Bonchev–Trinajstić information content (AvgIpc) is 2.66. The van der Waals surface area contributed by atoms with Gasteiger partial charge < -0.3 is 10.2 Å². The number of aliphatic hydroxyl groups is 2. The van der Waals surface area contributed by atoms with Crippen LogP contribution >= 0.6 is 0 Å². The standard InChI is InChI=1S/C14H10F20O2/c15-5(16,1-3-35)7(19,20)9(23,24)11(27,28)13(31,32)14(33,34)12(29,30)10(25,26)8(21,22)6(17,18)2-4-36/h35-36H,1-4H2. The van der Waals surface area contributed by atoms with E-state index in [1.165, 1.54) is 0 Å². The Hall–Kier alpha value is -1.48. The molecule has 0 aromatic heterocycles. The monoisotopic (exact) mass is 590 g/mol. The summed E-state index contributed by atoms with van der Waals surface area (Å²) in [6.07, 6.45) is -5.96. The van der Waals surface area contributed by atoms with Crippen LogP contribution in [0.5, 0.6) is 0 Å². The van der Waals surface area contributed by atoms with Crippen molar-refractivity contribution in [1.29, 1.82) is 0 Å². The van der Waals surface area contributed by atoms with Gasteiger partial charge in [-0.25, -0.2) is 0 Å². The number of rotatable bonds is 13. The van der Waals surface area contributed by atoms with E-state index in [1.807, 2.05) is 0 Å². The maximum absolute atomic E-state index is 13.5. The molecule has 0 atom stereocenters. The lowest BCUT2D eigenvalue weighted by Crippen LogP contribution is -2.77. The molecule has 0 amide bonds. The van der Waals surface area contributed by atoms with Crippen LogP contribution in [0.3, 0.4) is 0 Å². The van der Waals surface area contributed by atoms with E-state index in [-0.39, 0.29) is 0 Å². The number of alkyl halides is 20. The third-order valence-corrected chi connectivity index (χ3v) is 4.53. The van der Waals surface area contributed by atoms with Crippen LogP contribution < -0.4 is 0 Å². The molecule has 0 heterocycles. The molecular weight excluding hydrogens is 580 g/mol. The molecule has 0 aromatic rings. The van der Waals surface area contributed by atoms with E-state index in [9.17, 15) is 87.8 Å². The van der Waals surface area contributed by atoms with Crippen LogP contribution in [0.25, 0.3) is 0 Å². The highest BCUT2D eigenvalue weighted by atomic mass is 19.4. The summed E-state index contributed by atoms with van der Waals surface area (Å²) >= 11 is 0. The molecule has 0 radical (unpaired) electrons. The molecule has 0 rings (SSSR count). The summed E-state index contributed by atoms with van der Waals surface area (Å²) in [5.74, 6) is -82.4. The molecule has 218 valence electrons. The SMILES string of the molecule is OCCC(F)(F)C(F)(F)C(F)(F)C(F)(F)C(F)(F)C(F)(F)C(F)(F)C(F)(F)C(F)(F)C(F)(F)CCO. The zero-order valence-corrected chi connectivity index (χ0v) is 16.3. The van der Waals surface area contributed by atoms with Gasteiger partial charge in [-0.15, -0.1) is 0 Å². The summed E-state index contributed by atoms with van der Waals surface area (Å²) < 4.78 is 267. The third kappa shape index (κ3) is 4.22. The molecule has 0 unspecified atom stereocenters. The van der Waals surface area contributed by atoms with Crippen LogP contribution in [0.15, 0.2) is 0 Å².